The van der Waals surface area contributed by atoms with Crippen molar-refractivity contribution in [3.05, 3.63) is 18.2 Å². The summed E-state index contributed by atoms with van der Waals surface area (Å²) in [6.07, 6.45) is 0. The van der Waals surface area contributed by atoms with Gasteiger partial charge in [-0.15, -0.1) is 5.10 Å². The summed E-state index contributed by atoms with van der Waals surface area (Å²) in [7, 11) is 3.17. The molecule has 0 spiro atoms. The van der Waals surface area contributed by atoms with Gasteiger partial charge in [-0.2, -0.15) is 0 Å². The molecule has 0 unspecified atom stereocenters. The minimum atomic E-state index is -0.290. The molecule has 0 saturated heterocycles. The predicted molar refractivity (Wildman–Crippen MR) is 82.3 cm³/mol. The molecular formula is C14H17N3O4S. The Morgan fingerprint density at radius 2 is 1.91 bits per heavy atom. The van der Waals surface area contributed by atoms with Crippen molar-refractivity contribution in [1.82, 2.24) is 15.2 Å². The summed E-state index contributed by atoms with van der Waals surface area (Å²) < 4.78 is 15.3. The molecule has 1 aromatic heterocycles. The molecule has 0 aliphatic carbocycles. The quantitative estimate of drug-likeness (QED) is 0.617. The van der Waals surface area contributed by atoms with E-state index in [0.717, 1.165) is 5.56 Å². The van der Waals surface area contributed by atoms with Crippen molar-refractivity contribution in [2.24, 2.45) is 0 Å². The molecular weight excluding hydrogens is 306 g/mol. The van der Waals surface area contributed by atoms with Crippen LogP contribution in [0.1, 0.15) is 6.92 Å². The Labute approximate surface area is 132 Å². The van der Waals surface area contributed by atoms with E-state index in [-0.39, 0.29) is 11.7 Å². The Hall–Kier alpha value is -2.22. The van der Waals surface area contributed by atoms with Gasteiger partial charge in [0.15, 0.2) is 5.82 Å². The van der Waals surface area contributed by atoms with Crippen molar-refractivity contribution < 1.29 is 19.0 Å². The monoisotopic (exact) mass is 323 g/mol. The Kier molecular flexibility index (Phi) is 5.65. The van der Waals surface area contributed by atoms with Gasteiger partial charge in [0, 0.05) is 11.6 Å². The Bertz CT molecular complexity index is 623. The third kappa shape index (κ3) is 4.14. The summed E-state index contributed by atoms with van der Waals surface area (Å²) in [6.45, 7) is 2.13. The molecule has 2 rings (SSSR count). The summed E-state index contributed by atoms with van der Waals surface area (Å²) in [5, 5.41) is 7.39. The standard InChI is InChI=1S/C14H17N3O4S/c1-4-21-12(18)8-22-14-15-13(16-17-14)9-5-10(19-2)7-11(6-9)20-3/h5-7H,4,8H2,1-3H3,(H,15,16,17). The van der Waals surface area contributed by atoms with Crippen LogP contribution in [0, 0.1) is 0 Å². The molecule has 0 aliphatic rings. The summed E-state index contributed by atoms with van der Waals surface area (Å²) in [4.78, 5) is 15.7. The second kappa shape index (κ2) is 7.69. The lowest BCUT2D eigenvalue weighted by molar-refractivity contribution is -0.139. The SMILES string of the molecule is CCOC(=O)CSc1n[nH]c(-c2cc(OC)cc(OC)c2)n1. The lowest BCUT2D eigenvalue weighted by Gasteiger charge is -2.06. The fourth-order valence-electron chi connectivity index (χ4n) is 1.71. The van der Waals surface area contributed by atoms with Gasteiger partial charge in [-0.25, -0.2) is 4.98 Å². The zero-order valence-corrected chi connectivity index (χ0v) is 13.4. The van der Waals surface area contributed by atoms with Crippen LogP contribution in [-0.2, 0) is 9.53 Å². The largest absolute Gasteiger partial charge is 0.497 e. The predicted octanol–water partition coefficient (Wildman–Crippen LogP) is 2.14. The normalized spacial score (nSPS) is 10.3. The number of methoxy groups -OCH3 is 2. The molecule has 0 atom stereocenters. The van der Waals surface area contributed by atoms with Crippen molar-refractivity contribution >= 4 is 17.7 Å². The van der Waals surface area contributed by atoms with Gasteiger partial charge in [0.1, 0.15) is 11.5 Å². The molecule has 0 bridgehead atoms. The topological polar surface area (TPSA) is 86.3 Å². The van der Waals surface area contributed by atoms with E-state index in [1.54, 1.807) is 27.2 Å². The zero-order valence-electron chi connectivity index (χ0n) is 12.6. The molecule has 0 saturated carbocycles. The minimum Gasteiger partial charge on any atom is -0.497 e. The molecule has 8 heteroatoms. The van der Waals surface area contributed by atoms with Gasteiger partial charge in [-0.1, -0.05) is 11.8 Å². The van der Waals surface area contributed by atoms with E-state index in [2.05, 4.69) is 15.2 Å². The van der Waals surface area contributed by atoms with E-state index in [0.29, 0.717) is 29.1 Å². The maximum Gasteiger partial charge on any atom is 0.316 e. The van der Waals surface area contributed by atoms with Gasteiger partial charge < -0.3 is 14.2 Å². The highest BCUT2D eigenvalue weighted by Crippen LogP contribution is 2.28. The fraction of sp³-hybridized carbons (Fsp3) is 0.357. The number of ether oxygens (including phenoxy) is 3. The van der Waals surface area contributed by atoms with E-state index in [1.165, 1.54) is 11.8 Å². The summed E-state index contributed by atoms with van der Waals surface area (Å²) >= 11 is 1.21. The molecule has 1 N–H and O–H groups in total. The summed E-state index contributed by atoms with van der Waals surface area (Å²) in [5.74, 6) is 1.77. The third-order valence-corrected chi connectivity index (χ3v) is 3.54. The van der Waals surface area contributed by atoms with E-state index >= 15 is 0 Å². The van der Waals surface area contributed by atoms with Crippen molar-refractivity contribution in [2.75, 3.05) is 26.6 Å². The lowest BCUT2D eigenvalue weighted by Crippen LogP contribution is -2.06. The number of H-pyrrole nitrogens is 1. The van der Waals surface area contributed by atoms with Crippen molar-refractivity contribution in [3.63, 3.8) is 0 Å². The van der Waals surface area contributed by atoms with Crippen LogP contribution in [-0.4, -0.2) is 47.7 Å². The van der Waals surface area contributed by atoms with E-state index < -0.39 is 0 Å². The molecule has 2 aromatic rings. The maximum absolute atomic E-state index is 11.3. The third-order valence-electron chi connectivity index (χ3n) is 2.71. The molecule has 0 amide bonds. The average molecular weight is 323 g/mol. The molecule has 0 radical (unpaired) electrons. The van der Waals surface area contributed by atoms with Crippen LogP contribution in [0.3, 0.4) is 0 Å². The number of thioether (sulfide) groups is 1. The first kappa shape index (κ1) is 16.2. The first-order chi connectivity index (χ1) is 10.7. The van der Waals surface area contributed by atoms with Crippen LogP contribution in [0.4, 0.5) is 0 Å². The van der Waals surface area contributed by atoms with Crippen molar-refractivity contribution in [3.8, 4) is 22.9 Å². The van der Waals surface area contributed by atoms with Gasteiger partial charge in [-0.05, 0) is 19.1 Å². The van der Waals surface area contributed by atoms with E-state index in [4.69, 9.17) is 14.2 Å². The van der Waals surface area contributed by atoms with Crippen LogP contribution in [0.5, 0.6) is 11.5 Å². The Morgan fingerprint density at radius 1 is 1.23 bits per heavy atom. The van der Waals surface area contributed by atoms with Crippen LogP contribution < -0.4 is 9.47 Å². The van der Waals surface area contributed by atoms with Gasteiger partial charge in [0.2, 0.25) is 5.16 Å². The van der Waals surface area contributed by atoms with Crippen LogP contribution in [0.2, 0.25) is 0 Å². The number of hydrogen-bond acceptors (Lipinski definition) is 7. The van der Waals surface area contributed by atoms with Crippen LogP contribution >= 0.6 is 11.8 Å². The highest BCUT2D eigenvalue weighted by atomic mass is 32.2. The second-order valence-corrected chi connectivity index (χ2v) is 5.10. The number of benzene rings is 1. The molecule has 22 heavy (non-hydrogen) atoms. The number of rotatable bonds is 7. The van der Waals surface area contributed by atoms with Crippen molar-refractivity contribution in [1.29, 1.82) is 0 Å². The number of nitrogens with zero attached hydrogens (tertiary/aromatic N) is 2. The number of aromatic amines is 1. The molecule has 7 nitrogen and oxygen atoms in total. The summed E-state index contributed by atoms with van der Waals surface area (Å²) in [5.41, 5.74) is 0.784. The van der Waals surface area contributed by atoms with Crippen LogP contribution in [0.15, 0.2) is 23.4 Å². The number of carbonyl (C=O) groups excluding carboxylic acids is 1. The van der Waals surface area contributed by atoms with Crippen molar-refractivity contribution in [2.45, 2.75) is 12.1 Å². The van der Waals surface area contributed by atoms with Crippen LogP contribution in [0.25, 0.3) is 11.4 Å². The second-order valence-electron chi connectivity index (χ2n) is 4.16. The molecule has 0 aliphatic heterocycles. The molecule has 118 valence electrons. The fourth-order valence-corrected chi connectivity index (χ4v) is 2.31. The van der Waals surface area contributed by atoms with E-state index in [1.807, 2.05) is 12.1 Å². The number of nitrogens with one attached hydrogen (secondary N) is 1. The number of esters is 1. The van der Waals surface area contributed by atoms with Gasteiger partial charge in [0.25, 0.3) is 0 Å². The highest BCUT2D eigenvalue weighted by Gasteiger charge is 2.11. The smallest absolute Gasteiger partial charge is 0.316 e. The number of aromatic nitrogens is 3. The number of hydrogen-bond donors (Lipinski definition) is 1. The maximum atomic E-state index is 11.3. The summed E-state index contributed by atoms with van der Waals surface area (Å²) in [6, 6.07) is 5.42. The molecule has 1 aromatic carbocycles. The van der Waals surface area contributed by atoms with E-state index in [9.17, 15) is 4.79 Å². The van der Waals surface area contributed by atoms with Gasteiger partial charge in [-0.3, -0.25) is 9.89 Å². The zero-order chi connectivity index (χ0) is 15.9. The molecule has 1 heterocycles. The lowest BCUT2D eigenvalue weighted by atomic mass is 10.2. The highest BCUT2D eigenvalue weighted by molar-refractivity contribution is 7.99. The molecule has 0 fully saturated rings. The minimum absolute atomic E-state index is 0.173. The first-order valence-corrected chi connectivity index (χ1v) is 7.59. The average Bonchev–Trinajstić information content (AvgIpc) is 3.01. The van der Waals surface area contributed by atoms with Gasteiger partial charge in [0.05, 0.1) is 26.6 Å². The Morgan fingerprint density at radius 3 is 2.50 bits per heavy atom. The van der Waals surface area contributed by atoms with Gasteiger partial charge >= 0.3 is 5.97 Å². The first-order valence-electron chi connectivity index (χ1n) is 6.60. The number of carbonyl (C=O) groups is 1. The Balaban J connectivity index is 2.12.